The molecular weight excluding hydrogens is 192 g/mol. The molecular formula is C16H30. The molecule has 0 nitrogen and oxygen atoms in total. The summed E-state index contributed by atoms with van der Waals surface area (Å²) >= 11 is 0. The van der Waals surface area contributed by atoms with Gasteiger partial charge >= 0.3 is 0 Å². The van der Waals surface area contributed by atoms with Crippen LogP contribution in [0.5, 0.6) is 0 Å². The zero-order valence-corrected chi connectivity index (χ0v) is 12.4. The number of rotatable bonds is 3. The Morgan fingerprint density at radius 1 is 1.00 bits per heavy atom. The Kier molecular flexibility index (Phi) is 2.54. The molecule has 5 unspecified atom stereocenters. The van der Waals surface area contributed by atoms with Gasteiger partial charge in [0.25, 0.3) is 0 Å². The highest BCUT2D eigenvalue weighted by Crippen LogP contribution is 2.79. The van der Waals surface area contributed by atoms with E-state index in [1.54, 1.807) is 0 Å². The van der Waals surface area contributed by atoms with Gasteiger partial charge in [-0.3, -0.25) is 0 Å². The summed E-state index contributed by atoms with van der Waals surface area (Å²) in [5.74, 6) is 2.87. The lowest BCUT2D eigenvalue weighted by molar-refractivity contribution is -0.147. The summed E-state index contributed by atoms with van der Waals surface area (Å²) in [5.41, 5.74) is 1.84. The molecule has 0 heterocycles. The minimum Gasteiger partial charge on any atom is -0.0651 e. The Balaban J connectivity index is 2.23. The molecule has 0 aromatic carbocycles. The average Bonchev–Trinajstić information content (AvgIpc) is 2.69. The first-order chi connectivity index (χ1) is 7.25. The molecule has 94 valence electrons. The van der Waals surface area contributed by atoms with Gasteiger partial charge in [-0.2, -0.15) is 0 Å². The smallest absolute Gasteiger partial charge is 0.0209 e. The molecule has 5 atom stereocenters. The zero-order chi connectivity index (χ0) is 12.4. The van der Waals surface area contributed by atoms with Crippen molar-refractivity contribution in [1.29, 1.82) is 0 Å². The average molecular weight is 222 g/mol. The van der Waals surface area contributed by atoms with Crippen LogP contribution in [0.15, 0.2) is 0 Å². The van der Waals surface area contributed by atoms with E-state index in [0.717, 1.165) is 17.8 Å². The van der Waals surface area contributed by atoms with Crippen molar-refractivity contribution in [2.45, 2.75) is 67.7 Å². The summed E-state index contributed by atoms with van der Waals surface area (Å²) in [5, 5.41) is 0. The quantitative estimate of drug-likeness (QED) is 0.621. The van der Waals surface area contributed by atoms with Crippen molar-refractivity contribution in [3.8, 4) is 0 Å². The monoisotopic (exact) mass is 222 g/mol. The van der Waals surface area contributed by atoms with Gasteiger partial charge in [-0.15, -0.1) is 0 Å². The van der Waals surface area contributed by atoms with E-state index in [-0.39, 0.29) is 0 Å². The van der Waals surface area contributed by atoms with Crippen molar-refractivity contribution in [3.05, 3.63) is 0 Å². The van der Waals surface area contributed by atoms with Crippen LogP contribution < -0.4 is 0 Å². The van der Waals surface area contributed by atoms with Crippen LogP contribution in [-0.2, 0) is 0 Å². The van der Waals surface area contributed by atoms with Gasteiger partial charge in [-0.1, -0.05) is 61.3 Å². The van der Waals surface area contributed by atoms with Crippen LogP contribution in [0.4, 0.5) is 0 Å². The highest BCUT2D eigenvalue weighted by molar-refractivity contribution is 5.21. The molecule has 2 aliphatic carbocycles. The van der Waals surface area contributed by atoms with Crippen LogP contribution in [-0.4, -0.2) is 0 Å². The molecule has 0 spiro atoms. The Labute approximate surface area is 102 Å². The molecule has 2 rings (SSSR count). The molecule has 0 amide bonds. The molecule has 2 fully saturated rings. The molecule has 0 aliphatic heterocycles. The van der Waals surface area contributed by atoms with Crippen LogP contribution in [0, 0.1) is 34.0 Å². The minimum atomic E-state index is 0.590. The first-order valence-electron chi connectivity index (χ1n) is 7.25. The zero-order valence-electron chi connectivity index (χ0n) is 12.4. The fourth-order valence-electron chi connectivity index (χ4n) is 6.05. The number of hydrogen-bond donors (Lipinski definition) is 0. The van der Waals surface area contributed by atoms with Gasteiger partial charge < -0.3 is 0 Å². The first kappa shape index (κ1) is 12.5. The van der Waals surface area contributed by atoms with E-state index in [0.29, 0.717) is 16.2 Å². The normalized spacial score (nSPS) is 54.6. The molecule has 2 saturated carbocycles. The van der Waals surface area contributed by atoms with Crippen molar-refractivity contribution in [2.75, 3.05) is 0 Å². The van der Waals surface area contributed by atoms with Crippen LogP contribution in [0.1, 0.15) is 67.7 Å². The second-order valence-electron chi connectivity index (χ2n) is 7.63. The highest BCUT2D eigenvalue weighted by Gasteiger charge is 2.73. The second-order valence-corrected chi connectivity index (χ2v) is 7.63. The lowest BCUT2D eigenvalue weighted by atomic mass is 9.41. The third kappa shape index (κ3) is 1.17. The highest BCUT2D eigenvalue weighted by atomic mass is 14.8. The Bertz CT molecular complexity index is 290. The second kappa shape index (κ2) is 3.27. The van der Waals surface area contributed by atoms with E-state index < -0.39 is 0 Å². The van der Waals surface area contributed by atoms with Gasteiger partial charge in [0.15, 0.2) is 0 Å². The predicted octanol–water partition coefficient (Wildman–Crippen LogP) is 5.13. The van der Waals surface area contributed by atoms with E-state index in [4.69, 9.17) is 0 Å². The predicted molar refractivity (Wildman–Crippen MR) is 71.3 cm³/mol. The van der Waals surface area contributed by atoms with Crippen LogP contribution in [0.3, 0.4) is 0 Å². The van der Waals surface area contributed by atoms with E-state index in [2.05, 4.69) is 48.5 Å². The van der Waals surface area contributed by atoms with Gasteiger partial charge in [0.2, 0.25) is 0 Å². The fourth-order valence-corrected chi connectivity index (χ4v) is 6.05. The van der Waals surface area contributed by atoms with Gasteiger partial charge in [0.1, 0.15) is 0 Å². The maximum Gasteiger partial charge on any atom is -0.0209 e. The minimum absolute atomic E-state index is 0.590. The fraction of sp³-hybridized carbons (Fsp3) is 1.00. The lowest BCUT2D eigenvalue weighted by Gasteiger charge is -2.63. The molecule has 0 radical (unpaired) electrons. The van der Waals surface area contributed by atoms with Gasteiger partial charge in [0.05, 0.1) is 0 Å². The van der Waals surface area contributed by atoms with Gasteiger partial charge in [0, 0.05) is 0 Å². The summed E-state index contributed by atoms with van der Waals surface area (Å²) in [7, 11) is 0. The van der Waals surface area contributed by atoms with Crippen molar-refractivity contribution in [3.63, 3.8) is 0 Å². The molecule has 2 aliphatic rings. The third-order valence-corrected chi connectivity index (χ3v) is 6.82. The first-order valence-corrected chi connectivity index (χ1v) is 7.25. The van der Waals surface area contributed by atoms with Crippen molar-refractivity contribution in [2.24, 2.45) is 34.0 Å². The van der Waals surface area contributed by atoms with E-state index in [1.807, 2.05) is 0 Å². The molecule has 0 aromatic rings. The summed E-state index contributed by atoms with van der Waals surface area (Å²) in [6.07, 6.45) is 4.18. The Morgan fingerprint density at radius 3 is 1.88 bits per heavy atom. The molecule has 0 heteroatoms. The summed E-state index contributed by atoms with van der Waals surface area (Å²) in [6, 6.07) is 0. The molecule has 0 saturated heterocycles. The summed E-state index contributed by atoms with van der Waals surface area (Å²) in [6.45, 7) is 17.3. The van der Waals surface area contributed by atoms with Gasteiger partial charge in [-0.25, -0.2) is 0 Å². The largest absolute Gasteiger partial charge is 0.0651 e. The lowest BCUT2D eigenvalue weighted by Crippen LogP contribution is -2.56. The third-order valence-electron chi connectivity index (χ3n) is 6.82. The number of hydrogen-bond acceptors (Lipinski definition) is 0. The maximum absolute atomic E-state index is 2.58. The van der Waals surface area contributed by atoms with Crippen LogP contribution in [0.25, 0.3) is 0 Å². The van der Waals surface area contributed by atoms with Crippen LogP contribution >= 0.6 is 0 Å². The molecule has 0 aromatic heterocycles. The SMILES string of the molecule is CCC1C(C)(C)CC1(C)C1(C)C(C)C1CC. The van der Waals surface area contributed by atoms with Crippen molar-refractivity contribution in [1.82, 2.24) is 0 Å². The van der Waals surface area contributed by atoms with Crippen LogP contribution in [0.2, 0.25) is 0 Å². The van der Waals surface area contributed by atoms with E-state index in [9.17, 15) is 0 Å². The summed E-state index contributed by atoms with van der Waals surface area (Å²) in [4.78, 5) is 0. The van der Waals surface area contributed by atoms with Gasteiger partial charge in [-0.05, 0) is 40.4 Å². The summed E-state index contributed by atoms with van der Waals surface area (Å²) < 4.78 is 0. The molecule has 0 N–H and O–H groups in total. The standard InChI is InChI=1S/C16H30/c1-8-12-11(3)16(12,7)15(6)10-14(4,5)13(15)9-2/h11-13H,8-10H2,1-7H3. The van der Waals surface area contributed by atoms with Crippen molar-refractivity contribution < 1.29 is 0 Å². The Morgan fingerprint density at radius 2 is 1.56 bits per heavy atom. The van der Waals surface area contributed by atoms with E-state index >= 15 is 0 Å². The van der Waals surface area contributed by atoms with Crippen molar-refractivity contribution >= 4 is 0 Å². The maximum atomic E-state index is 2.58. The molecule has 16 heavy (non-hydrogen) atoms. The van der Waals surface area contributed by atoms with E-state index in [1.165, 1.54) is 19.3 Å². The Hall–Kier alpha value is 0. The topological polar surface area (TPSA) is 0 Å². The molecule has 0 bridgehead atoms.